The van der Waals surface area contributed by atoms with Crippen LogP contribution in [0.1, 0.15) is 15.3 Å². The van der Waals surface area contributed by atoms with Gasteiger partial charge in [-0.25, -0.2) is 4.39 Å². The fourth-order valence-corrected chi connectivity index (χ4v) is 4.04. The molecule has 0 radical (unpaired) electrons. The van der Waals surface area contributed by atoms with E-state index in [1.807, 2.05) is 6.07 Å². The molecular weight excluding hydrogens is 414 g/mol. The molecule has 0 nitrogen and oxygen atoms in total. The molecule has 0 saturated carbocycles. The third kappa shape index (κ3) is 2.87. The second-order valence-electron chi connectivity index (χ2n) is 3.28. The van der Waals surface area contributed by atoms with E-state index in [4.69, 9.17) is 23.2 Å². The summed E-state index contributed by atoms with van der Waals surface area (Å²) in [5.41, 5.74) is 0.503. The summed E-state index contributed by atoms with van der Waals surface area (Å²) in [6.07, 6.45) is 0. The van der Waals surface area contributed by atoms with Crippen LogP contribution in [0.5, 0.6) is 0 Å². The molecule has 1 aromatic carbocycles. The van der Waals surface area contributed by atoms with Crippen LogP contribution >= 0.6 is 66.4 Å². The van der Waals surface area contributed by atoms with Crippen molar-refractivity contribution in [1.29, 1.82) is 0 Å². The molecule has 1 aromatic heterocycles. The Balaban J connectivity index is 2.43. The maximum atomic E-state index is 13.8. The summed E-state index contributed by atoms with van der Waals surface area (Å²) in [5, 5.41) is 0.119. The van der Waals surface area contributed by atoms with E-state index in [9.17, 15) is 4.39 Å². The predicted octanol–water partition coefficient (Wildman–Crippen LogP) is 6.44. The Bertz CT molecular complexity index is 537. The number of hydrogen-bond donors (Lipinski definition) is 0. The van der Waals surface area contributed by atoms with Gasteiger partial charge in [-0.05, 0) is 28.1 Å². The second-order valence-corrected chi connectivity index (χ2v) is 7.14. The van der Waals surface area contributed by atoms with Gasteiger partial charge < -0.3 is 0 Å². The first-order chi connectivity index (χ1) is 8.00. The van der Waals surface area contributed by atoms with E-state index in [0.29, 0.717) is 9.90 Å². The van der Waals surface area contributed by atoms with Crippen molar-refractivity contribution in [1.82, 2.24) is 0 Å². The minimum Gasteiger partial charge on any atom is -0.205 e. The van der Waals surface area contributed by atoms with E-state index >= 15 is 0 Å². The van der Waals surface area contributed by atoms with Gasteiger partial charge in [0.2, 0.25) is 0 Å². The molecule has 90 valence electrons. The first-order valence-corrected chi connectivity index (χ1v) is 7.81. The molecule has 0 fully saturated rings. The van der Waals surface area contributed by atoms with Gasteiger partial charge in [0.1, 0.15) is 10.2 Å². The third-order valence-electron chi connectivity index (χ3n) is 2.17. The molecule has 0 amide bonds. The van der Waals surface area contributed by atoms with Crippen LogP contribution in [0.25, 0.3) is 0 Å². The van der Waals surface area contributed by atoms with Crippen molar-refractivity contribution < 1.29 is 4.39 Å². The molecule has 0 bridgehead atoms. The molecule has 1 atom stereocenters. The van der Waals surface area contributed by atoms with Crippen molar-refractivity contribution in [2.24, 2.45) is 0 Å². The van der Waals surface area contributed by atoms with Crippen molar-refractivity contribution in [3.05, 3.63) is 54.4 Å². The third-order valence-corrected chi connectivity index (χ3v) is 6.29. The van der Waals surface area contributed by atoms with Gasteiger partial charge in [-0.2, -0.15) is 0 Å². The molecule has 0 aliphatic rings. The van der Waals surface area contributed by atoms with Gasteiger partial charge in [-0.1, -0.05) is 51.3 Å². The minimum atomic E-state index is -0.406. The molecule has 0 saturated heterocycles. The summed E-state index contributed by atoms with van der Waals surface area (Å²) >= 11 is 19.9. The average molecular weight is 419 g/mol. The Kier molecular flexibility index (Phi) is 4.53. The van der Waals surface area contributed by atoms with Crippen LogP contribution in [0.15, 0.2) is 28.7 Å². The average Bonchev–Trinajstić information content (AvgIpc) is 2.62. The lowest BCUT2D eigenvalue weighted by atomic mass is 10.1. The highest BCUT2D eigenvalue weighted by atomic mass is 79.9. The molecule has 2 rings (SSSR count). The van der Waals surface area contributed by atoms with Gasteiger partial charge >= 0.3 is 0 Å². The van der Waals surface area contributed by atoms with Crippen LogP contribution in [0, 0.1) is 5.82 Å². The SMILES string of the molecule is Fc1c(Cl)cccc1C(Br)c1cc(Br)c(Cl)s1. The van der Waals surface area contributed by atoms with Crippen molar-refractivity contribution in [3.8, 4) is 0 Å². The van der Waals surface area contributed by atoms with Gasteiger partial charge in [0.05, 0.1) is 9.85 Å². The van der Waals surface area contributed by atoms with E-state index in [1.165, 1.54) is 17.4 Å². The molecule has 0 aliphatic heterocycles. The summed E-state index contributed by atoms with van der Waals surface area (Å²) in [6.45, 7) is 0. The van der Waals surface area contributed by atoms with Gasteiger partial charge in [0, 0.05) is 14.9 Å². The summed E-state index contributed by atoms with van der Waals surface area (Å²) in [5.74, 6) is -0.406. The lowest BCUT2D eigenvalue weighted by molar-refractivity contribution is 0.614. The van der Waals surface area contributed by atoms with Crippen LogP contribution in [-0.2, 0) is 0 Å². The van der Waals surface area contributed by atoms with E-state index < -0.39 is 5.82 Å². The van der Waals surface area contributed by atoms with Crippen LogP contribution < -0.4 is 0 Å². The van der Waals surface area contributed by atoms with Gasteiger partial charge in [-0.15, -0.1) is 11.3 Å². The monoisotopic (exact) mass is 416 g/mol. The molecule has 1 unspecified atom stereocenters. The topological polar surface area (TPSA) is 0 Å². The largest absolute Gasteiger partial charge is 0.205 e. The van der Waals surface area contributed by atoms with Gasteiger partial charge in [0.25, 0.3) is 0 Å². The highest BCUT2D eigenvalue weighted by molar-refractivity contribution is 9.10. The van der Waals surface area contributed by atoms with Gasteiger partial charge in [0.15, 0.2) is 0 Å². The Morgan fingerprint density at radius 1 is 1.29 bits per heavy atom. The normalized spacial score (nSPS) is 12.8. The number of alkyl halides is 1. The van der Waals surface area contributed by atoms with E-state index in [1.54, 1.807) is 12.1 Å². The van der Waals surface area contributed by atoms with Crippen LogP contribution in [0.3, 0.4) is 0 Å². The number of benzene rings is 1. The van der Waals surface area contributed by atoms with Crippen LogP contribution in [-0.4, -0.2) is 0 Å². The molecule has 6 heteroatoms. The van der Waals surface area contributed by atoms with Crippen LogP contribution in [0.2, 0.25) is 9.36 Å². The lowest BCUT2D eigenvalue weighted by Crippen LogP contribution is -1.94. The van der Waals surface area contributed by atoms with Crippen molar-refractivity contribution >= 4 is 66.4 Å². The Hall–Kier alpha value is 0.390. The Morgan fingerprint density at radius 2 is 2.00 bits per heavy atom. The summed E-state index contributed by atoms with van der Waals surface area (Å²) in [6, 6.07) is 6.81. The number of rotatable bonds is 2. The number of thiophene rings is 1. The molecule has 0 aliphatic carbocycles. The maximum Gasteiger partial charge on any atom is 0.146 e. The molecule has 0 N–H and O–H groups in total. The van der Waals surface area contributed by atoms with Crippen molar-refractivity contribution in [3.63, 3.8) is 0 Å². The standard InChI is InChI=1S/C11H5Br2Cl2FS/c12-6-4-8(17-11(6)15)9(13)5-2-1-3-7(14)10(5)16/h1-4,9H. The zero-order valence-corrected chi connectivity index (χ0v) is 13.7. The second kappa shape index (κ2) is 5.57. The van der Waals surface area contributed by atoms with Gasteiger partial charge in [-0.3, -0.25) is 0 Å². The first kappa shape index (κ1) is 13.8. The van der Waals surface area contributed by atoms with E-state index in [2.05, 4.69) is 31.9 Å². The van der Waals surface area contributed by atoms with E-state index in [0.717, 1.165) is 9.35 Å². The Morgan fingerprint density at radius 3 is 2.59 bits per heavy atom. The molecule has 17 heavy (non-hydrogen) atoms. The highest BCUT2D eigenvalue weighted by Gasteiger charge is 2.19. The van der Waals surface area contributed by atoms with Crippen LogP contribution in [0.4, 0.5) is 4.39 Å². The molecule has 2 aromatic rings. The molecular formula is C11H5Br2Cl2FS. The van der Waals surface area contributed by atoms with E-state index in [-0.39, 0.29) is 9.85 Å². The van der Waals surface area contributed by atoms with Crippen molar-refractivity contribution in [2.75, 3.05) is 0 Å². The predicted molar refractivity (Wildman–Crippen MR) is 79.2 cm³/mol. The number of hydrogen-bond acceptors (Lipinski definition) is 1. The lowest BCUT2D eigenvalue weighted by Gasteiger charge is -2.09. The quantitative estimate of drug-likeness (QED) is 0.492. The number of halogens is 5. The minimum absolute atomic E-state index is 0.119. The maximum absolute atomic E-state index is 13.8. The summed E-state index contributed by atoms with van der Waals surface area (Å²) in [4.78, 5) is 0.665. The fourth-order valence-electron chi connectivity index (χ4n) is 1.36. The highest BCUT2D eigenvalue weighted by Crippen LogP contribution is 2.42. The molecule has 0 spiro atoms. The molecule has 1 heterocycles. The zero-order chi connectivity index (χ0) is 12.6. The first-order valence-electron chi connectivity index (χ1n) is 4.53. The fraction of sp³-hybridized carbons (Fsp3) is 0.0909. The smallest absolute Gasteiger partial charge is 0.146 e. The summed E-state index contributed by atoms with van der Waals surface area (Å²) < 4.78 is 15.3. The zero-order valence-electron chi connectivity index (χ0n) is 8.18. The summed E-state index contributed by atoms with van der Waals surface area (Å²) in [7, 11) is 0. The van der Waals surface area contributed by atoms with Crippen molar-refractivity contribution in [2.45, 2.75) is 4.83 Å². The Labute approximate surface area is 129 Å².